The fraction of sp³-hybridized carbons (Fsp3) is 0.857. The highest BCUT2D eigenvalue weighted by Crippen LogP contribution is 1.97. The molecule has 0 rings (SSSR count). The molecule has 3 heteroatoms. The molecule has 0 heterocycles. The molecule has 2 nitrogen and oxygen atoms in total. The fourth-order valence-corrected chi connectivity index (χ4v) is 0. The van der Waals surface area contributed by atoms with Crippen molar-refractivity contribution in [2.24, 2.45) is 0 Å². The lowest BCUT2D eigenvalue weighted by molar-refractivity contribution is -0.114. The summed E-state index contributed by atoms with van der Waals surface area (Å²) in [5.41, 5.74) is 0. The van der Waals surface area contributed by atoms with Crippen molar-refractivity contribution >= 4 is 14.1 Å². The second-order valence-corrected chi connectivity index (χ2v) is 7.86. The maximum atomic E-state index is 9.44. The summed E-state index contributed by atoms with van der Waals surface area (Å²) in [5, 5.41) is 0. The minimum Gasteiger partial charge on any atom is -0.421 e. The second-order valence-electron chi connectivity index (χ2n) is 3.22. The predicted octanol–water partition coefficient (Wildman–Crippen LogP) is 2.06. The SMILES string of the molecule is CC(C)=O.CO[Si](C)(C)C. The third-order valence-corrected chi connectivity index (χ3v) is 1.84. The van der Waals surface area contributed by atoms with Crippen molar-refractivity contribution in [3.8, 4) is 0 Å². The van der Waals surface area contributed by atoms with Crippen LogP contribution in [0.25, 0.3) is 0 Å². The third-order valence-electron chi connectivity index (χ3n) is 0.612. The summed E-state index contributed by atoms with van der Waals surface area (Å²) in [6, 6.07) is 0. The molecule has 0 amide bonds. The number of rotatable bonds is 1. The van der Waals surface area contributed by atoms with E-state index in [0.29, 0.717) is 0 Å². The highest BCUT2D eigenvalue weighted by atomic mass is 28.4. The van der Waals surface area contributed by atoms with Crippen LogP contribution in [0, 0.1) is 0 Å². The monoisotopic (exact) mass is 162 g/mol. The number of hydrogen-bond donors (Lipinski definition) is 0. The lowest BCUT2D eigenvalue weighted by Crippen LogP contribution is -2.22. The molecule has 0 spiro atoms. The molecule has 10 heavy (non-hydrogen) atoms. The minimum absolute atomic E-state index is 0.167. The summed E-state index contributed by atoms with van der Waals surface area (Å²) >= 11 is 0. The van der Waals surface area contributed by atoms with Crippen LogP contribution in [-0.2, 0) is 9.22 Å². The molecular formula is C7H18O2Si. The van der Waals surface area contributed by atoms with Gasteiger partial charge in [-0.3, -0.25) is 0 Å². The number of carbonyl (C=O) groups is 1. The van der Waals surface area contributed by atoms with Crippen LogP contribution in [0.1, 0.15) is 13.8 Å². The van der Waals surface area contributed by atoms with Gasteiger partial charge in [0.2, 0.25) is 0 Å². The van der Waals surface area contributed by atoms with Crippen molar-refractivity contribution in [3.05, 3.63) is 0 Å². The van der Waals surface area contributed by atoms with Crippen LogP contribution in [0.4, 0.5) is 0 Å². The van der Waals surface area contributed by atoms with Crippen molar-refractivity contribution in [1.82, 2.24) is 0 Å². The summed E-state index contributed by atoms with van der Waals surface area (Å²) in [4.78, 5) is 9.44. The lowest BCUT2D eigenvalue weighted by Gasteiger charge is -2.10. The first kappa shape index (κ1) is 12.5. The van der Waals surface area contributed by atoms with E-state index in [1.165, 1.54) is 13.8 Å². The molecule has 0 aliphatic carbocycles. The standard InChI is InChI=1S/C4H12OSi.C3H6O/c1-5-6(2,3)4;1-3(2)4/h1-4H3;1-2H3. The Morgan fingerprint density at radius 1 is 1.20 bits per heavy atom. The van der Waals surface area contributed by atoms with Gasteiger partial charge in [0.15, 0.2) is 8.32 Å². The van der Waals surface area contributed by atoms with Gasteiger partial charge in [-0.15, -0.1) is 0 Å². The smallest absolute Gasteiger partial charge is 0.183 e. The molecule has 0 saturated heterocycles. The average Bonchev–Trinajstić information content (AvgIpc) is 1.63. The Balaban J connectivity index is 0. The van der Waals surface area contributed by atoms with Gasteiger partial charge in [-0.25, -0.2) is 0 Å². The lowest BCUT2D eigenvalue weighted by atomic mass is 10.6. The first-order valence-electron chi connectivity index (χ1n) is 3.32. The van der Waals surface area contributed by atoms with Crippen LogP contribution in [0.2, 0.25) is 19.6 Å². The normalized spacial score (nSPS) is 9.80. The number of ketones is 1. The summed E-state index contributed by atoms with van der Waals surface area (Å²) in [6.07, 6.45) is 0. The second kappa shape index (κ2) is 5.62. The highest BCUT2D eigenvalue weighted by Gasteiger charge is 2.09. The highest BCUT2D eigenvalue weighted by molar-refractivity contribution is 6.69. The van der Waals surface area contributed by atoms with Crippen molar-refractivity contribution in [2.45, 2.75) is 33.5 Å². The van der Waals surface area contributed by atoms with Crippen LogP contribution < -0.4 is 0 Å². The van der Waals surface area contributed by atoms with Gasteiger partial charge < -0.3 is 9.22 Å². The first-order chi connectivity index (χ1) is 4.29. The Hall–Kier alpha value is -0.153. The number of hydrogen-bond acceptors (Lipinski definition) is 2. The molecule has 0 saturated carbocycles. The van der Waals surface area contributed by atoms with Gasteiger partial charge in [-0.1, -0.05) is 0 Å². The van der Waals surface area contributed by atoms with Gasteiger partial charge in [0, 0.05) is 7.11 Å². The molecule has 0 aliphatic rings. The van der Waals surface area contributed by atoms with Crippen LogP contribution in [0.3, 0.4) is 0 Å². The molecule has 0 aliphatic heterocycles. The summed E-state index contributed by atoms with van der Waals surface area (Å²) in [7, 11) is 0.639. The largest absolute Gasteiger partial charge is 0.421 e. The molecule has 0 bridgehead atoms. The Bertz CT molecular complexity index is 90.3. The van der Waals surface area contributed by atoms with Gasteiger partial charge in [0.05, 0.1) is 0 Å². The molecule has 0 unspecified atom stereocenters. The molecule has 0 aromatic heterocycles. The average molecular weight is 162 g/mol. The van der Waals surface area contributed by atoms with Crippen molar-refractivity contribution in [2.75, 3.05) is 7.11 Å². The van der Waals surface area contributed by atoms with Gasteiger partial charge in [0.25, 0.3) is 0 Å². The van der Waals surface area contributed by atoms with E-state index in [1.54, 1.807) is 7.11 Å². The van der Waals surface area contributed by atoms with E-state index in [2.05, 4.69) is 19.6 Å². The zero-order chi connectivity index (χ0) is 8.78. The van der Waals surface area contributed by atoms with Crippen LogP contribution in [-0.4, -0.2) is 21.2 Å². The van der Waals surface area contributed by atoms with Crippen LogP contribution in [0.15, 0.2) is 0 Å². The maximum Gasteiger partial charge on any atom is 0.183 e. The van der Waals surface area contributed by atoms with Gasteiger partial charge >= 0.3 is 0 Å². The molecule has 0 N–H and O–H groups in total. The van der Waals surface area contributed by atoms with Gasteiger partial charge in [-0.05, 0) is 33.5 Å². The molecule has 62 valence electrons. The minimum atomic E-state index is -1.13. The quantitative estimate of drug-likeness (QED) is 0.552. The zero-order valence-electron chi connectivity index (χ0n) is 7.82. The van der Waals surface area contributed by atoms with E-state index in [-0.39, 0.29) is 5.78 Å². The summed E-state index contributed by atoms with van der Waals surface area (Å²) in [5.74, 6) is 0.167. The van der Waals surface area contributed by atoms with E-state index in [4.69, 9.17) is 4.43 Å². The zero-order valence-corrected chi connectivity index (χ0v) is 8.82. The molecule has 0 fully saturated rings. The molecule has 0 radical (unpaired) electrons. The number of Topliss-reactive ketones (excluding diaryl/α,β-unsaturated/α-hetero) is 1. The van der Waals surface area contributed by atoms with E-state index < -0.39 is 8.32 Å². The Kier molecular flexibility index (Phi) is 7.03. The summed E-state index contributed by atoms with van der Waals surface area (Å²) in [6.45, 7) is 9.53. The van der Waals surface area contributed by atoms with E-state index in [9.17, 15) is 4.79 Å². The fourth-order valence-electron chi connectivity index (χ4n) is 0. The summed E-state index contributed by atoms with van der Waals surface area (Å²) < 4.78 is 5.08. The van der Waals surface area contributed by atoms with E-state index in [1.807, 2.05) is 0 Å². The first-order valence-corrected chi connectivity index (χ1v) is 6.72. The Morgan fingerprint density at radius 3 is 1.30 bits per heavy atom. The Labute approximate surface area is 64.7 Å². The van der Waals surface area contributed by atoms with Crippen molar-refractivity contribution in [3.63, 3.8) is 0 Å². The molecule has 0 aromatic carbocycles. The molecular weight excluding hydrogens is 144 g/mol. The Morgan fingerprint density at radius 2 is 1.30 bits per heavy atom. The van der Waals surface area contributed by atoms with E-state index >= 15 is 0 Å². The van der Waals surface area contributed by atoms with Gasteiger partial charge in [0.1, 0.15) is 5.78 Å². The molecule has 0 atom stereocenters. The van der Waals surface area contributed by atoms with Crippen LogP contribution >= 0.6 is 0 Å². The molecule has 0 aromatic rings. The number of carbonyl (C=O) groups excluding carboxylic acids is 1. The van der Waals surface area contributed by atoms with Gasteiger partial charge in [-0.2, -0.15) is 0 Å². The third kappa shape index (κ3) is 45.4. The van der Waals surface area contributed by atoms with Crippen LogP contribution in [0.5, 0.6) is 0 Å². The van der Waals surface area contributed by atoms with Crippen molar-refractivity contribution < 1.29 is 9.22 Å². The topological polar surface area (TPSA) is 26.3 Å². The van der Waals surface area contributed by atoms with E-state index in [0.717, 1.165) is 0 Å². The predicted molar refractivity (Wildman–Crippen MR) is 46.7 cm³/mol. The maximum absolute atomic E-state index is 9.44. The van der Waals surface area contributed by atoms with Crippen molar-refractivity contribution in [1.29, 1.82) is 0 Å².